The van der Waals surface area contributed by atoms with Gasteiger partial charge in [0.25, 0.3) is 10.0 Å². The number of halogens is 1. The van der Waals surface area contributed by atoms with Crippen LogP contribution in [0, 0.1) is 6.92 Å². The van der Waals surface area contributed by atoms with Crippen molar-refractivity contribution in [1.82, 2.24) is 10.2 Å². The number of aryl methyl sites for hydroxylation is 1. The number of hydrogen-bond acceptors (Lipinski definition) is 5. The lowest BCUT2D eigenvalue weighted by Gasteiger charge is -2.33. The van der Waals surface area contributed by atoms with Gasteiger partial charge in [-0.1, -0.05) is 74.3 Å². The number of nitrogens with zero attached hydrogens (tertiary/aromatic N) is 2. The van der Waals surface area contributed by atoms with Crippen LogP contribution in [0.15, 0.2) is 77.7 Å². The highest BCUT2D eigenvalue weighted by Gasteiger charge is 2.35. The number of rotatable bonds is 14. The molecule has 2 amide bonds. The second-order valence-corrected chi connectivity index (χ2v) is 12.0. The van der Waals surface area contributed by atoms with Gasteiger partial charge in [0, 0.05) is 18.1 Å². The molecule has 0 radical (unpaired) electrons. The highest BCUT2D eigenvalue weighted by Crippen LogP contribution is 2.34. The van der Waals surface area contributed by atoms with Crippen LogP contribution in [0.25, 0.3) is 0 Å². The summed E-state index contributed by atoms with van der Waals surface area (Å²) >= 11 is 6.45. The maximum absolute atomic E-state index is 14.2. The molecule has 0 aromatic heterocycles. The molecule has 41 heavy (non-hydrogen) atoms. The number of hydrogen-bond donors (Lipinski definition) is 1. The zero-order valence-corrected chi connectivity index (χ0v) is 25.5. The third-order valence-electron chi connectivity index (χ3n) is 6.73. The van der Waals surface area contributed by atoms with Crippen molar-refractivity contribution in [1.29, 1.82) is 0 Å². The van der Waals surface area contributed by atoms with Crippen molar-refractivity contribution in [2.75, 3.05) is 24.5 Å². The van der Waals surface area contributed by atoms with Crippen molar-refractivity contribution in [2.45, 2.75) is 57.5 Å². The fraction of sp³-hybridized carbons (Fsp3) is 0.355. The smallest absolute Gasteiger partial charge is 0.264 e. The first-order chi connectivity index (χ1) is 19.6. The highest BCUT2D eigenvalue weighted by molar-refractivity contribution is 7.92. The minimum absolute atomic E-state index is 0.0263. The summed E-state index contributed by atoms with van der Waals surface area (Å²) in [4.78, 5) is 28.9. The molecule has 0 saturated heterocycles. The monoisotopic (exact) mass is 599 g/mol. The third-order valence-corrected chi connectivity index (χ3v) is 8.87. The minimum Gasteiger partial charge on any atom is -0.495 e. The Kier molecular flexibility index (Phi) is 11.6. The molecule has 3 aromatic rings. The number of ether oxygens (including phenoxy) is 1. The van der Waals surface area contributed by atoms with Crippen LogP contribution >= 0.6 is 11.6 Å². The molecule has 3 rings (SSSR count). The van der Waals surface area contributed by atoms with E-state index < -0.39 is 28.5 Å². The first-order valence-corrected chi connectivity index (χ1v) is 15.5. The molecule has 220 valence electrons. The number of amides is 2. The van der Waals surface area contributed by atoms with E-state index in [4.69, 9.17) is 16.3 Å². The maximum atomic E-state index is 14.2. The summed E-state index contributed by atoms with van der Waals surface area (Å²) in [6.07, 6.45) is 2.04. The molecule has 0 bridgehead atoms. The van der Waals surface area contributed by atoms with Gasteiger partial charge in [-0.2, -0.15) is 0 Å². The third kappa shape index (κ3) is 8.01. The van der Waals surface area contributed by atoms with Crippen molar-refractivity contribution in [3.8, 4) is 5.75 Å². The summed E-state index contributed by atoms with van der Waals surface area (Å²) in [7, 11) is -2.76. The van der Waals surface area contributed by atoms with E-state index in [0.717, 1.165) is 22.7 Å². The van der Waals surface area contributed by atoms with E-state index in [9.17, 15) is 18.0 Å². The van der Waals surface area contributed by atoms with Gasteiger partial charge in [0.15, 0.2) is 0 Å². The molecule has 0 saturated carbocycles. The molecule has 1 atom stereocenters. The van der Waals surface area contributed by atoms with Gasteiger partial charge in [-0.25, -0.2) is 8.42 Å². The Balaban J connectivity index is 2.10. The summed E-state index contributed by atoms with van der Waals surface area (Å²) in [5, 5.41) is 3.36. The van der Waals surface area contributed by atoms with Crippen molar-refractivity contribution < 1.29 is 22.7 Å². The number of benzene rings is 3. The molecular formula is C31H38ClN3O5S. The van der Waals surface area contributed by atoms with Gasteiger partial charge in [0.05, 0.1) is 17.7 Å². The summed E-state index contributed by atoms with van der Waals surface area (Å²) in [6, 6.07) is 19.3. The summed E-state index contributed by atoms with van der Waals surface area (Å²) < 4.78 is 34.6. The number of anilines is 1. The normalized spacial score (nSPS) is 11.9. The topological polar surface area (TPSA) is 96.0 Å². The number of methoxy groups -OCH3 is 1. The molecule has 0 aliphatic rings. The van der Waals surface area contributed by atoms with Crippen LogP contribution in [0.1, 0.15) is 44.2 Å². The minimum atomic E-state index is -4.20. The number of sulfonamides is 1. The van der Waals surface area contributed by atoms with Gasteiger partial charge in [-0.05, 0) is 61.2 Å². The maximum Gasteiger partial charge on any atom is 0.264 e. The molecular weight excluding hydrogens is 562 g/mol. The van der Waals surface area contributed by atoms with Gasteiger partial charge in [0.1, 0.15) is 18.3 Å². The molecule has 0 aliphatic carbocycles. The quantitative estimate of drug-likeness (QED) is 0.244. The Morgan fingerprint density at radius 3 is 2.32 bits per heavy atom. The molecule has 0 spiro atoms. The summed E-state index contributed by atoms with van der Waals surface area (Å²) in [6.45, 7) is 5.63. The van der Waals surface area contributed by atoms with Crippen LogP contribution in [-0.4, -0.2) is 51.4 Å². The Morgan fingerprint density at radius 2 is 1.68 bits per heavy atom. The Labute approximate surface area is 248 Å². The van der Waals surface area contributed by atoms with Gasteiger partial charge in [-0.3, -0.25) is 13.9 Å². The number of carbonyl (C=O) groups excluding carboxylic acids is 2. The zero-order chi connectivity index (χ0) is 30.0. The number of nitrogens with one attached hydrogen (secondary N) is 1. The number of carbonyl (C=O) groups is 2. The zero-order valence-electron chi connectivity index (χ0n) is 24.0. The van der Waals surface area contributed by atoms with Gasteiger partial charge >= 0.3 is 0 Å². The van der Waals surface area contributed by atoms with Crippen LogP contribution in [0.5, 0.6) is 5.75 Å². The van der Waals surface area contributed by atoms with E-state index in [0.29, 0.717) is 29.3 Å². The molecule has 0 aliphatic heterocycles. The highest BCUT2D eigenvalue weighted by atomic mass is 35.5. The van der Waals surface area contributed by atoms with Crippen LogP contribution < -0.4 is 14.4 Å². The van der Waals surface area contributed by atoms with Gasteiger partial charge in [0.2, 0.25) is 11.8 Å². The van der Waals surface area contributed by atoms with E-state index >= 15 is 0 Å². The molecule has 1 N–H and O–H groups in total. The SMILES string of the molecule is CCCCNC(=O)[C@@H](CC)N(Cc1ccccc1Cl)C(=O)CN(c1cc(C)ccc1OC)S(=O)(=O)c1ccccc1. The van der Waals surface area contributed by atoms with E-state index in [-0.39, 0.29) is 23.0 Å². The molecule has 0 fully saturated rings. The lowest BCUT2D eigenvalue weighted by molar-refractivity contribution is -0.140. The van der Waals surface area contributed by atoms with Crippen LogP contribution in [-0.2, 0) is 26.2 Å². The molecule has 8 nitrogen and oxygen atoms in total. The van der Waals surface area contributed by atoms with Crippen LogP contribution in [0.3, 0.4) is 0 Å². The molecule has 0 heterocycles. The van der Waals surface area contributed by atoms with Crippen LogP contribution in [0.2, 0.25) is 5.02 Å². The molecule has 10 heteroatoms. The van der Waals surface area contributed by atoms with Crippen molar-refractivity contribution in [3.63, 3.8) is 0 Å². The molecule has 3 aromatic carbocycles. The lowest BCUT2D eigenvalue weighted by Crippen LogP contribution is -2.52. The predicted molar refractivity (Wildman–Crippen MR) is 163 cm³/mol. The number of unbranched alkanes of at least 4 members (excludes halogenated alkanes) is 1. The fourth-order valence-electron chi connectivity index (χ4n) is 4.46. The lowest BCUT2D eigenvalue weighted by atomic mass is 10.1. The summed E-state index contributed by atoms with van der Waals surface area (Å²) in [5.41, 5.74) is 1.66. The average Bonchev–Trinajstić information content (AvgIpc) is 2.97. The molecule has 0 unspecified atom stereocenters. The Morgan fingerprint density at radius 1 is 1.00 bits per heavy atom. The van der Waals surface area contributed by atoms with Crippen molar-refractivity contribution in [2.24, 2.45) is 0 Å². The van der Waals surface area contributed by atoms with Gasteiger partial charge < -0.3 is 15.0 Å². The second-order valence-electron chi connectivity index (χ2n) is 9.68. The van der Waals surface area contributed by atoms with E-state index in [1.54, 1.807) is 60.7 Å². The van der Waals surface area contributed by atoms with E-state index in [1.165, 1.54) is 24.1 Å². The van der Waals surface area contributed by atoms with Crippen LogP contribution in [0.4, 0.5) is 5.69 Å². The predicted octanol–water partition coefficient (Wildman–Crippen LogP) is 5.58. The Hall–Kier alpha value is -3.56. The van der Waals surface area contributed by atoms with E-state index in [2.05, 4.69) is 5.32 Å². The second kappa shape index (κ2) is 14.9. The first kappa shape index (κ1) is 32.0. The standard InChI is InChI=1S/C31H38ClN3O5S/c1-5-7-19-33-31(37)27(6-2)34(21-24-13-11-12-16-26(24)32)30(36)22-35(28-20-23(3)17-18-29(28)40-4)41(38,39)25-14-9-8-10-15-25/h8-18,20,27H,5-7,19,21-22H2,1-4H3,(H,33,37)/t27-/m1/s1. The Bertz CT molecular complexity index is 1430. The van der Waals surface area contributed by atoms with Crippen molar-refractivity contribution >= 4 is 39.1 Å². The summed E-state index contributed by atoms with van der Waals surface area (Å²) in [5.74, 6) is -0.553. The largest absolute Gasteiger partial charge is 0.495 e. The van der Waals surface area contributed by atoms with E-state index in [1.807, 2.05) is 20.8 Å². The fourth-order valence-corrected chi connectivity index (χ4v) is 6.10. The van der Waals surface area contributed by atoms with Gasteiger partial charge in [-0.15, -0.1) is 0 Å². The van der Waals surface area contributed by atoms with Crippen molar-refractivity contribution in [3.05, 3.63) is 88.9 Å². The first-order valence-electron chi connectivity index (χ1n) is 13.7. The average molecular weight is 600 g/mol.